The average molecular weight is 285 g/mol. The predicted molar refractivity (Wildman–Crippen MR) is 85.8 cm³/mol. The summed E-state index contributed by atoms with van der Waals surface area (Å²) in [7, 11) is 3.38. The zero-order chi connectivity index (χ0) is 15.1. The summed E-state index contributed by atoms with van der Waals surface area (Å²) in [6.07, 6.45) is 0. The zero-order valence-electron chi connectivity index (χ0n) is 13.0. The standard InChI is InChI=1S/C18H23NO2/c1-4-19(13-15-5-9-17(20-2)10-6-15)14-16-7-11-18(21-3)12-8-16/h5-12H,4,13-14H2,1-3H3. The van der Waals surface area contributed by atoms with E-state index in [1.54, 1.807) is 14.2 Å². The normalized spacial score (nSPS) is 10.7. The fourth-order valence-corrected chi connectivity index (χ4v) is 2.26. The quantitative estimate of drug-likeness (QED) is 0.774. The fourth-order valence-electron chi connectivity index (χ4n) is 2.26. The Kier molecular flexibility index (Phi) is 5.64. The lowest BCUT2D eigenvalue weighted by Gasteiger charge is -2.21. The first kappa shape index (κ1) is 15.4. The van der Waals surface area contributed by atoms with Gasteiger partial charge < -0.3 is 9.47 Å². The molecule has 112 valence electrons. The van der Waals surface area contributed by atoms with Gasteiger partial charge >= 0.3 is 0 Å². The van der Waals surface area contributed by atoms with Gasteiger partial charge in [0.15, 0.2) is 0 Å². The van der Waals surface area contributed by atoms with E-state index in [0.717, 1.165) is 31.1 Å². The Morgan fingerprint density at radius 2 is 1.10 bits per heavy atom. The molecule has 2 aromatic carbocycles. The number of benzene rings is 2. The second kappa shape index (κ2) is 7.70. The number of ether oxygens (including phenoxy) is 2. The molecule has 0 bridgehead atoms. The Labute approximate surface area is 127 Å². The van der Waals surface area contributed by atoms with Crippen LogP contribution in [0.4, 0.5) is 0 Å². The number of nitrogens with zero attached hydrogens (tertiary/aromatic N) is 1. The molecular weight excluding hydrogens is 262 g/mol. The number of methoxy groups -OCH3 is 2. The van der Waals surface area contributed by atoms with Crippen LogP contribution >= 0.6 is 0 Å². The Morgan fingerprint density at radius 3 is 1.38 bits per heavy atom. The smallest absolute Gasteiger partial charge is 0.118 e. The molecule has 21 heavy (non-hydrogen) atoms. The van der Waals surface area contributed by atoms with Crippen LogP contribution in [-0.4, -0.2) is 25.7 Å². The molecule has 0 unspecified atom stereocenters. The van der Waals surface area contributed by atoms with Crippen LogP contribution in [0.1, 0.15) is 18.1 Å². The lowest BCUT2D eigenvalue weighted by atomic mass is 10.1. The van der Waals surface area contributed by atoms with Crippen molar-refractivity contribution < 1.29 is 9.47 Å². The summed E-state index contributed by atoms with van der Waals surface area (Å²) in [4.78, 5) is 2.41. The molecule has 2 rings (SSSR count). The van der Waals surface area contributed by atoms with Crippen molar-refractivity contribution in [3.8, 4) is 11.5 Å². The Bertz CT molecular complexity index is 485. The van der Waals surface area contributed by atoms with Gasteiger partial charge in [-0.15, -0.1) is 0 Å². The van der Waals surface area contributed by atoms with Crippen LogP contribution in [0.3, 0.4) is 0 Å². The molecule has 0 spiro atoms. The zero-order valence-corrected chi connectivity index (χ0v) is 13.0. The van der Waals surface area contributed by atoms with Gasteiger partial charge in [0, 0.05) is 13.1 Å². The van der Waals surface area contributed by atoms with Gasteiger partial charge in [0.05, 0.1) is 14.2 Å². The minimum absolute atomic E-state index is 0.900. The Morgan fingerprint density at radius 1 is 0.714 bits per heavy atom. The SMILES string of the molecule is CCN(Cc1ccc(OC)cc1)Cc1ccc(OC)cc1. The third kappa shape index (κ3) is 4.50. The lowest BCUT2D eigenvalue weighted by Crippen LogP contribution is -2.22. The van der Waals surface area contributed by atoms with Crippen molar-refractivity contribution in [2.24, 2.45) is 0 Å². The van der Waals surface area contributed by atoms with Crippen molar-refractivity contribution >= 4 is 0 Å². The lowest BCUT2D eigenvalue weighted by molar-refractivity contribution is 0.271. The van der Waals surface area contributed by atoms with Crippen LogP contribution in [0.15, 0.2) is 48.5 Å². The van der Waals surface area contributed by atoms with Crippen molar-refractivity contribution in [3.05, 3.63) is 59.7 Å². The highest BCUT2D eigenvalue weighted by atomic mass is 16.5. The van der Waals surface area contributed by atoms with Gasteiger partial charge in [0.25, 0.3) is 0 Å². The second-order valence-electron chi connectivity index (χ2n) is 5.00. The minimum Gasteiger partial charge on any atom is -0.497 e. The van der Waals surface area contributed by atoms with Gasteiger partial charge in [-0.1, -0.05) is 31.2 Å². The first-order valence-corrected chi connectivity index (χ1v) is 7.23. The van der Waals surface area contributed by atoms with Gasteiger partial charge in [0.1, 0.15) is 11.5 Å². The maximum Gasteiger partial charge on any atom is 0.118 e. The highest BCUT2D eigenvalue weighted by Gasteiger charge is 2.05. The monoisotopic (exact) mass is 285 g/mol. The summed E-state index contributed by atoms with van der Waals surface area (Å²) in [5.41, 5.74) is 2.59. The third-order valence-corrected chi connectivity index (χ3v) is 3.58. The maximum atomic E-state index is 5.19. The summed E-state index contributed by atoms with van der Waals surface area (Å²) in [5.74, 6) is 1.80. The summed E-state index contributed by atoms with van der Waals surface area (Å²) in [5, 5.41) is 0. The van der Waals surface area contributed by atoms with Crippen molar-refractivity contribution in [1.82, 2.24) is 4.90 Å². The van der Waals surface area contributed by atoms with E-state index in [9.17, 15) is 0 Å². The molecule has 0 saturated carbocycles. The van der Waals surface area contributed by atoms with E-state index in [2.05, 4.69) is 36.1 Å². The molecule has 2 aromatic rings. The van der Waals surface area contributed by atoms with E-state index in [0.29, 0.717) is 0 Å². The molecule has 0 aromatic heterocycles. The van der Waals surface area contributed by atoms with E-state index < -0.39 is 0 Å². The molecule has 0 amide bonds. The summed E-state index contributed by atoms with van der Waals surface area (Å²) in [6, 6.07) is 16.5. The van der Waals surface area contributed by atoms with Gasteiger partial charge in [-0.25, -0.2) is 0 Å². The highest BCUT2D eigenvalue weighted by Crippen LogP contribution is 2.16. The molecule has 0 fully saturated rings. The van der Waals surface area contributed by atoms with Crippen molar-refractivity contribution in [1.29, 1.82) is 0 Å². The van der Waals surface area contributed by atoms with Crippen molar-refractivity contribution in [2.45, 2.75) is 20.0 Å². The first-order valence-electron chi connectivity index (χ1n) is 7.23. The Hall–Kier alpha value is -2.00. The molecule has 0 aliphatic rings. The first-order chi connectivity index (χ1) is 10.2. The highest BCUT2D eigenvalue weighted by molar-refractivity contribution is 5.28. The number of hydrogen-bond acceptors (Lipinski definition) is 3. The predicted octanol–water partition coefficient (Wildman–Crippen LogP) is 3.73. The van der Waals surface area contributed by atoms with Crippen molar-refractivity contribution in [3.63, 3.8) is 0 Å². The molecule has 3 heteroatoms. The van der Waals surface area contributed by atoms with Crippen LogP contribution < -0.4 is 9.47 Å². The molecule has 0 radical (unpaired) electrons. The number of rotatable bonds is 7. The van der Waals surface area contributed by atoms with Gasteiger partial charge in [-0.05, 0) is 41.9 Å². The molecule has 0 aliphatic heterocycles. The summed E-state index contributed by atoms with van der Waals surface area (Å²) >= 11 is 0. The van der Waals surface area contributed by atoms with E-state index in [4.69, 9.17) is 9.47 Å². The van der Waals surface area contributed by atoms with Crippen LogP contribution in [0.5, 0.6) is 11.5 Å². The second-order valence-corrected chi connectivity index (χ2v) is 5.00. The topological polar surface area (TPSA) is 21.7 Å². The number of hydrogen-bond donors (Lipinski definition) is 0. The Balaban J connectivity index is 1.98. The van der Waals surface area contributed by atoms with E-state index in [1.165, 1.54) is 11.1 Å². The van der Waals surface area contributed by atoms with Crippen LogP contribution in [0.25, 0.3) is 0 Å². The molecule has 0 heterocycles. The largest absolute Gasteiger partial charge is 0.497 e. The van der Waals surface area contributed by atoms with E-state index in [1.807, 2.05) is 24.3 Å². The summed E-state index contributed by atoms with van der Waals surface area (Å²) < 4.78 is 10.4. The van der Waals surface area contributed by atoms with Crippen LogP contribution in [0.2, 0.25) is 0 Å². The molecule has 0 saturated heterocycles. The molecule has 0 atom stereocenters. The van der Waals surface area contributed by atoms with E-state index in [-0.39, 0.29) is 0 Å². The molecule has 0 aliphatic carbocycles. The average Bonchev–Trinajstić information content (AvgIpc) is 2.55. The van der Waals surface area contributed by atoms with Crippen LogP contribution in [-0.2, 0) is 13.1 Å². The molecular formula is C18H23NO2. The molecule has 3 nitrogen and oxygen atoms in total. The molecule has 0 N–H and O–H groups in total. The van der Waals surface area contributed by atoms with Gasteiger partial charge in [0.2, 0.25) is 0 Å². The van der Waals surface area contributed by atoms with Crippen LogP contribution in [0, 0.1) is 0 Å². The van der Waals surface area contributed by atoms with Crippen molar-refractivity contribution in [2.75, 3.05) is 20.8 Å². The maximum absolute atomic E-state index is 5.19. The van der Waals surface area contributed by atoms with E-state index >= 15 is 0 Å². The third-order valence-electron chi connectivity index (χ3n) is 3.58. The van der Waals surface area contributed by atoms with Gasteiger partial charge in [-0.2, -0.15) is 0 Å². The fraction of sp³-hybridized carbons (Fsp3) is 0.333. The minimum atomic E-state index is 0.900. The summed E-state index contributed by atoms with van der Waals surface area (Å²) in [6.45, 7) is 5.07. The van der Waals surface area contributed by atoms with Gasteiger partial charge in [-0.3, -0.25) is 4.90 Å².